The maximum Gasteiger partial charge on any atom is 0.0575 e. The largest absolute Gasteiger partial charge is 0.378 e. The van der Waals surface area contributed by atoms with Gasteiger partial charge in [-0.2, -0.15) is 0 Å². The molecule has 0 aromatic rings. The normalized spacial score (nSPS) is 33.5. The molecule has 0 spiro atoms. The van der Waals surface area contributed by atoms with E-state index in [1.165, 1.54) is 64.2 Å². The second-order valence-electron chi connectivity index (χ2n) is 7.18. The lowest BCUT2D eigenvalue weighted by Crippen LogP contribution is -2.23. The van der Waals surface area contributed by atoms with Gasteiger partial charge in [-0.3, -0.25) is 0 Å². The van der Waals surface area contributed by atoms with Crippen molar-refractivity contribution in [2.45, 2.75) is 76.7 Å². The van der Waals surface area contributed by atoms with Crippen LogP contribution < -0.4 is 0 Å². The van der Waals surface area contributed by atoms with Gasteiger partial charge in [0.25, 0.3) is 0 Å². The molecule has 1 heteroatoms. The summed E-state index contributed by atoms with van der Waals surface area (Å²) in [6.45, 7) is 8.56. The summed E-state index contributed by atoms with van der Waals surface area (Å²) in [5.41, 5.74) is 0. The van der Waals surface area contributed by atoms with Crippen molar-refractivity contribution >= 4 is 0 Å². The van der Waals surface area contributed by atoms with Crippen LogP contribution in [0.1, 0.15) is 70.6 Å². The molecule has 0 bridgehead atoms. The van der Waals surface area contributed by atoms with Gasteiger partial charge in [-0.15, -0.1) is 13.2 Å². The number of rotatable bonds is 8. The highest BCUT2D eigenvalue weighted by Crippen LogP contribution is 2.35. The minimum atomic E-state index is 0.532. The van der Waals surface area contributed by atoms with Gasteiger partial charge < -0.3 is 4.74 Å². The second-order valence-corrected chi connectivity index (χ2v) is 7.18. The minimum absolute atomic E-state index is 0.532. The highest BCUT2D eigenvalue weighted by Gasteiger charge is 2.24. The van der Waals surface area contributed by atoms with E-state index in [0.29, 0.717) is 6.10 Å². The zero-order valence-corrected chi connectivity index (χ0v) is 13.8. The number of hydrogen-bond donors (Lipinski definition) is 0. The van der Waals surface area contributed by atoms with E-state index >= 15 is 0 Å². The summed E-state index contributed by atoms with van der Waals surface area (Å²) in [5, 5.41) is 0. The molecule has 0 heterocycles. The summed E-state index contributed by atoms with van der Waals surface area (Å²) in [6, 6.07) is 0. The molecule has 0 aliphatic heterocycles. The Bertz CT molecular complexity index is 293. The molecule has 0 amide bonds. The van der Waals surface area contributed by atoms with E-state index in [2.05, 4.69) is 19.2 Å². The molecule has 0 saturated heterocycles. The van der Waals surface area contributed by atoms with Gasteiger partial charge in [0.2, 0.25) is 0 Å². The van der Waals surface area contributed by atoms with Crippen LogP contribution in [0, 0.1) is 17.8 Å². The van der Waals surface area contributed by atoms with E-state index in [9.17, 15) is 0 Å². The Balaban J connectivity index is 1.54. The summed E-state index contributed by atoms with van der Waals surface area (Å²) in [7, 11) is 0. The lowest BCUT2D eigenvalue weighted by Gasteiger charge is -2.31. The zero-order valence-electron chi connectivity index (χ0n) is 13.8. The monoisotopic (exact) mass is 290 g/mol. The Morgan fingerprint density at radius 2 is 1.38 bits per heavy atom. The van der Waals surface area contributed by atoms with Crippen LogP contribution >= 0.6 is 0 Å². The molecule has 2 saturated carbocycles. The van der Waals surface area contributed by atoms with Gasteiger partial charge in [-0.25, -0.2) is 0 Å². The smallest absolute Gasteiger partial charge is 0.0575 e. The molecule has 2 fully saturated rings. The Kier molecular flexibility index (Phi) is 7.57. The van der Waals surface area contributed by atoms with E-state index < -0.39 is 0 Å². The van der Waals surface area contributed by atoms with Gasteiger partial charge >= 0.3 is 0 Å². The fraction of sp³-hybridized carbons (Fsp3) is 0.800. The number of ether oxygens (including phenoxy) is 1. The van der Waals surface area contributed by atoms with Crippen molar-refractivity contribution in [2.24, 2.45) is 17.8 Å². The number of allylic oxidation sites excluding steroid dienone is 1. The second kappa shape index (κ2) is 9.46. The fourth-order valence-corrected chi connectivity index (χ4v) is 4.09. The molecule has 2 rings (SSSR count). The van der Waals surface area contributed by atoms with Gasteiger partial charge in [0.15, 0.2) is 0 Å². The first kappa shape index (κ1) is 16.8. The van der Waals surface area contributed by atoms with Gasteiger partial charge in [0, 0.05) is 0 Å². The maximum atomic E-state index is 5.91. The molecular formula is C20H34O. The molecule has 1 nitrogen and oxygen atoms in total. The van der Waals surface area contributed by atoms with E-state index in [-0.39, 0.29) is 0 Å². The molecule has 0 atom stereocenters. The van der Waals surface area contributed by atoms with Crippen LogP contribution in [-0.4, -0.2) is 12.7 Å². The lowest BCUT2D eigenvalue weighted by atomic mass is 9.77. The topological polar surface area (TPSA) is 9.23 Å². The van der Waals surface area contributed by atoms with E-state index in [4.69, 9.17) is 4.74 Å². The van der Waals surface area contributed by atoms with Gasteiger partial charge in [0.05, 0.1) is 12.7 Å². The third kappa shape index (κ3) is 5.98. The van der Waals surface area contributed by atoms with Crippen molar-refractivity contribution in [1.82, 2.24) is 0 Å². The molecular weight excluding hydrogens is 256 g/mol. The predicted molar refractivity (Wildman–Crippen MR) is 91.4 cm³/mol. The highest BCUT2D eigenvalue weighted by molar-refractivity contribution is 4.84. The third-order valence-electron chi connectivity index (χ3n) is 5.68. The Hall–Kier alpha value is -0.560. The molecule has 0 unspecified atom stereocenters. The standard InChI is InChI=1S/C20H34O/c1-3-5-16-21-20-14-12-19(13-15-20)11-10-18-8-6-17(4-2)7-9-18/h3-4,17-20H,1-2,5-16H2. The first-order chi connectivity index (χ1) is 10.3. The van der Waals surface area contributed by atoms with Gasteiger partial charge in [-0.05, 0) is 75.5 Å². The lowest BCUT2D eigenvalue weighted by molar-refractivity contribution is 0.0189. The summed E-state index contributed by atoms with van der Waals surface area (Å²) >= 11 is 0. The summed E-state index contributed by atoms with van der Waals surface area (Å²) in [5.74, 6) is 2.79. The first-order valence-corrected chi connectivity index (χ1v) is 9.16. The van der Waals surface area contributed by atoms with E-state index in [0.717, 1.165) is 30.8 Å². The Labute approximate surface area is 131 Å². The van der Waals surface area contributed by atoms with Crippen LogP contribution in [0.5, 0.6) is 0 Å². The van der Waals surface area contributed by atoms with Crippen molar-refractivity contribution in [3.8, 4) is 0 Å². The van der Waals surface area contributed by atoms with Crippen LogP contribution in [0.2, 0.25) is 0 Å². The zero-order chi connectivity index (χ0) is 14.9. The molecule has 0 N–H and O–H groups in total. The average Bonchev–Trinajstić information content (AvgIpc) is 2.55. The molecule has 0 aromatic heterocycles. The quantitative estimate of drug-likeness (QED) is 0.399. The molecule has 2 aliphatic rings. The van der Waals surface area contributed by atoms with Crippen molar-refractivity contribution in [2.75, 3.05) is 6.61 Å². The van der Waals surface area contributed by atoms with Crippen molar-refractivity contribution in [3.63, 3.8) is 0 Å². The van der Waals surface area contributed by atoms with Crippen LogP contribution in [0.25, 0.3) is 0 Å². The Morgan fingerprint density at radius 1 is 0.810 bits per heavy atom. The summed E-state index contributed by atoms with van der Waals surface area (Å²) in [4.78, 5) is 0. The van der Waals surface area contributed by atoms with Crippen LogP contribution in [0.3, 0.4) is 0 Å². The highest BCUT2D eigenvalue weighted by atomic mass is 16.5. The molecule has 2 aliphatic carbocycles. The fourth-order valence-electron chi connectivity index (χ4n) is 4.09. The predicted octanol–water partition coefficient (Wildman–Crippen LogP) is 5.91. The van der Waals surface area contributed by atoms with E-state index in [1.807, 2.05) is 6.08 Å². The van der Waals surface area contributed by atoms with Crippen molar-refractivity contribution < 1.29 is 4.74 Å². The van der Waals surface area contributed by atoms with Crippen LogP contribution in [-0.2, 0) is 4.74 Å². The molecule has 21 heavy (non-hydrogen) atoms. The molecule has 0 aromatic carbocycles. The van der Waals surface area contributed by atoms with Crippen LogP contribution in [0.4, 0.5) is 0 Å². The van der Waals surface area contributed by atoms with Gasteiger partial charge in [-0.1, -0.05) is 25.0 Å². The summed E-state index contributed by atoms with van der Waals surface area (Å²) < 4.78 is 5.91. The van der Waals surface area contributed by atoms with Crippen LogP contribution in [0.15, 0.2) is 25.3 Å². The summed E-state index contributed by atoms with van der Waals surface area (Å²) in [6.07, 6.45) is 19.6. The van der Waals surface area contributed by atoms with E-state index in [1.54, 1.807) is 0 Å². The van der Waals surface area contributed by atoms with Crippen molar-refractivity contribution in [3.05, 3.63) is 25.3 Å². The first-order valence-electron chi connectivity index (χ1n) is 9.16. The third-order valence-corrected chi connectivity index (χ3v) is 5.68. The Morgan fingerprint density at radius 3 is 1.90 bits per heavy atom. The maximum absolute atomic E-state index is 5.91. The van der Waals surface area contributed by atoms with Gasteiger partial charge in [0.1, 0.15) is 0 Å². The molecule has 120 valence electrons. The SMILES string of the molecule is C=CCCOC1CCC(CCC2CCC(C=C)CC2)CC1. The minimum Gasteiger partial charge on any atom is -0.378 e. The van der Waals surface area contributed by atoms with Crippen molar-refractivity contribution in [1.29, 1.82) is 0 Å². The molecule has 0 radical (unpaired) electrons. The number of hydrogen-bond acceptors (Lipinski definition) is 1. The average molecular weight is 290 g/mol.